The summed E-state index contributed by atoms with van der Waals surface area (Å²) in [5.74, 6) is -0.174. The first-order valence-corrected chi connectivity index (χ1v) is 17.9. The van der Waals surface area contributed by atoms with E-state index in [9.17, 15) is 19.0 Å². The van der Waals surface area contributed by atoms with Gasteiger partial charge in [0.25, 0.3) is 12.1 Å². The van der Waals surface area contributed by atoms with Gasteiger partial charge in [0.2, 0.25) is 13.2 Å². The minimum Gasteiger partial charge on any atom is -0.394 e. The number of nitrogens with one attached hydrogen (secondary N) is 1. The number of nitrogens with zero attached hydrogens (tertiary/aromatic N) is 8. The van der Waals surface area contributed by atoms with Gasteiger partial charge >= 0.3 is 0 Å². The maximum absolute atomic E-state index is 15.7. The molecule has 4 aromatic rings. The van der Waals surface area contributed by atoms with E-state index in [1.807, 2.05) is 0 Å². The number of nitrogen functional groups attached to an aromatic ring is 2. The number of aliphatic hydroxyl groups is 1. The number of hydrogen-bond donors (Lipinski definition) is 6. The number of aromatic nitrogens is 9. The minimum atomic E-state index is -4.00. The molecule has 2 unspecified atom stereocenters. The molecule has 0 saturated carbocycles. The molecule has 0 spiro atoms. The quantitative estimate of drug-likeness (QED) is 0.102. The lowest BCUT2D eigenvalue weighted by atomic mass is 10.1. The largest absolute Gasteiger partial charge is 0.394 e. The Labute approximate surface area is 250 Å². The van der Waals surface area contributed by atoms with Gasteiger partial charge in [-0.15, -0.1) is 5.10 Å². The normalized spacial score (nSPS) is 29.8. The van der Waals surface area contributed by atoms with Gasteiger partial charge in [-0.1, -0.05) is 29.7 Å². The molecule has 2 saturated heterocycles. The molecule has 0 amide bonds. The van der Waals surface area contributed by atoms with E-state index in [4.69, 9.17) is 30.0 Å². The number of rotatable bonds is 9. The number of nitrogens with two attached hydrogens (primary N) is 2. The topological polar surface area (TPSA) is 263 Å². The zero-order chi connectivity index (χ0) is 30.6. The standard InChI is InChI=1S/C19H24FN11O8P2S2/c20-9-12(39-40(34)42)7(38-18(9)31-14-10(28-29-31)13(21)23-4-24-14)3-36-41(35,43)8-1-6(2-32)37-17(8)30-5-25-11-15(30)26-19(22)27-16(11)33/h4-9,12,17-18,32,40H,1-3H2,(H,34,42)(H,35,43)(H2,21,23,24)(H3,22,26,27,33)/t6-,7+,8+,9-,12+,17+,18+,41?/m0/s1. The van der Waals surface area contributed by atoms with Crippen LogP contribution in [-0.4, -0.2) is 92.9 Å². The highest BCUT2D eigenvalue weighted by Gasteiger charge is 2.52. The van der Waals surface area contributed by atoms with Gasteiger partial charge in [0.1, 0.15) is 24.8 Å². The van der Waals surface area contributed by atoms with E-state index in [1.54, 1.807) is 0 Å². The average Bonchev–Trinajstić information content (AvgIpc) is 3.73. The van der Waals surface area contributed by atoms with Crippen molar-refractivity contribution >= 4 is 72.4 Å². The summed E-state index contributed by atoms with van der Waals surface area (Å²) in [7, 11) is -2.98. The van der Waals surface area contributed by atoms with Gasteiger partial charge in [0, 0.05) is 0 Å². The second kappa shape index (κ2) is 11.7. The van der Waals surface area contributed by atoms with Crippen LogP contribution in [0.5, 0.6) is 0 Å². The molecule has 24 heteroatoms. The second-order valence-electron chi connectivity index (χ2n) is 9.59. The van der Waals surface area contributed by atoms with Crippen LogP contribution in [0.2, 0.25) is 0 Å². The molecule has 0 aromatic carbocycles. The highest BCUT2D eigenvalue weighted by molar-refractivity contribution is 8.46. The molecular formula is C19H24FN11O8P2S2. The van der Waals surface area contributed by atoms with E-state index in [0.29, 0.717) is 0 Å². The number of aliphatic hydroxyl groups excluding tert-OH is 1. The van der Waals surface area contributed by atoms with Crippen molar-refractivity contribution in [2.75, 3.05) is 24.7 Å². The summed E-state index contributed by atoms with van der Waals surface area (Å²) < 4.78 is 66.7. The Morgan fingerprint density at radius 1 is 1.23 bits per heavy atom. The van der Waals surface area contributed by atoms with E-state index in [2.05, 4.69) is 59.7 Å². The molecule has 2 aliphatic heterocycles. The zero-order valence-corrected chi connectivity index (χ0v) is 25.3. The number of halogens is 1. The lowest BCUT2D eigenvalue weighted by molar-refractivity contribution is -0.0444. The van der Waals surface area contributed by atoms with Gasteiger partial charge in [-0.3, -0.25) is 23.5 Å². The number of thiol groups is 2. The lowest BCUT2D eigenvalue weighted by Gasteiger charge is -2.26. The first-order valence-electron chi connectivity index (χ1n) is 12.4. The van der Waals surface area contributed by atoms with Gasteiger partial charge in [0.15, 0.2) is 40.5 Å². The van der Waals surface area contributed by atoms with Gasteiger partial charge in [-0.25, -0.2) is 19.3 Å². The monoisotopic (exact) mass is 679 g/mol. The summed E-state index contributed by atoms with van der Waals surface area (Å²) in [4.78, 5) is 30.6. The second-order valence-corrected chi connectivity index (χ2v) is 15.2. The van der Waals surface area contributed by atoms with Crippen LogP contribution in [0.15, 0.2) is 17.4 Å². The van der Waals surface area contributed by atoms with Crippen LogP contribution in [0.4, 0.5) is 16.2 Å². The molecule has 0 radical (unpaired) electrons. The van der Waals surface area contributed by atoms with E-state index < -0.39 is 75.2 Å². The molecule has 6 rings (SSSR count). The third-order valence-corrected chi connectivity index (χ3v) is 10.8. The Kier molecular flexibility index (Phi) is 8.24. The Hall–Kier alpha value is -2.68. The smallest absolute Gasteiger partial charge is 0.280 e. The minimum absolute atomic E-state index is 0.0106. The summed E-state index contributed by atoms with van der Waals surface area (Å²) in [6.07, 6.45) is -5.66. The summed E-state index contributed by atoms with van der Waals surface area (Å²) >= 11 is 8.10. The van der Waals surface area contributed by atoms with Crippen molar-refractivity contribution in [3.63, 3.8) is 0 Å². The van der Waals surface area contributed by atoms with Crippen molar-refractivity contribution in [1.82, 2.24) is 44.5 Å². The van der Waals surface area contributed by atoms with Gasteiger partial charge < -0.3 is 35.1 Å². The van der Waals surface area contributed by atoms with E-state index in [-0.39, 0.29) is 40.5 Å². The fourth-order valence-corrected chi connectivity index (χ4v) is 8.33. The molecule has 43 heavy (non-hydrogen) atoms. The van der Waals surface area contributed by atoms with Gasteiger partial charge in [0.05, 0.1) is 31.3 Å². The predicted molar refractivity (Wildman–Crippen MR) is 154 cm³/mol. The van der Waals surface area contributed by atoms with Crippen molar-refractivity contribution in [2.45, 2.75) is 49.0 Å². The van der Waals surface area contributed by atoms with Crippen LogP contribution >= 0.6 is 38.3 Å². The average molecular weight is 680 g/mol. The number of aromatic amines is 1. The third kappa shape index (κ3) is 5.55. The van der Waals surface area contributed by atoms with Crippen molar-refractivity contribution in [3.8, 4) is 0 Å². The molecule has 2 fully saturated rings. The SMILES string of the molecule is Nc1nc2c(ncn2[C@@H]2O[C@H](CO)C[C@H]2P(=O)(S)OC[C@H]2O[C@@H](n3nnc4c(N)ncnc43)[C@@H](F)[C@@H]2O[PH](=O)S)c(=O)[nH]1. The number of imidazole rings is 1. The number of hydrogen-bond acceptors (Lipinski definition) is 16. The highest BCUT2D eigenvalue weighted by atomic mass is 32.7. The van der Waals surface area contributed by atoms with Crippen molar-refractivity contribution in [3.05, 3.63) is 23.0 Å². The van der Waals surface area contributed by atoms with Crippen LogP contribution in [-0.2, 0) is 27.7 Å². The Balaban J connectivity index is 1.26. The summed E-state index contributed by atoms with van der Waals surface area (Å²) in [6, 6.07) is 0. The van der Waals surface area contributed by atoms with Crippen LogP contribution in [0.3, 0.4) is 0 Å². The van der Waals surface area contributed by atoms with Crippen LogP contribution in [0.25, 0.3) is 22.3 Å². The van der Waals surface area contributed by atoms with Crippen LogP contribution < -0.4 is 17.0 Å². The number of ether oxygens (including phenoxy) is 2. The summed E-state index contributed by atoms with van der Waals surface area (Å²) in [5.41, 5.74) is 10.1. The molecule has 232 valence electrons. The molecule has 0 aliphatic carbocycles. The highest BCUT2D eigenvalue weighted by Crippen LogP contribution is 2.64. The van der Waals surface area contributed by atoms with Crippen LogP contribution in [0.1, 0.15) is 18.9 Å². The molecule has 6 heterocycles. The van der Waals surface area contributed by atoms with Crippen molar-refractivity contribution < 1.29 is 37.1 Å². The molecule has 0 bridgehead atoms. The Morgan fingerprint density at radius 3 is 2.77 bits per heavy atom. The van der Waals surface area contributed by atoms with Gasteiger partial charge in [-0.2, -0.15) is 9.67 Å². The molecule has 6 N–H and O–H groups in total. The van der Waals surface area contributed by atoms with E-state index >= 15 is 4.39 Å². The summed E-state index contributed by atoms with van der Waals surface area (Å²) in [5, 5.41) is 17.5. The molecular weight excluding hydrogens is 655 g/mol. The maximum atomic E-state index is 15.7. The first kappa shape index (κ1) is 30.4. The summed E-state index contributed by atoms with van der Waals surface area (Å²) in [6.45, 7) is -4.97. The number of alkyl halides is 1. The number of anilines is 2. The van der Waals surface area contributed by atoms with Gasteiger partial charge in [-0.05, 0) is 6.42 Å². The Morgan fingerprint density at radius 2 is 2.02 bits per heavy atom. The molecule has 9 atom stereocenters. The molecule has 4 aromatic heterocycles. The van der Waals surface area contributed by atoms with Crippen LogP contribution in [0, 0.1) is 0 Å². The number of fused-ring (bicyclic) bond motifs is 2. The third-order valence-electron chi connectivity index (χ3n) is 6.97. The first-order chi connectivity index (χ1) is 20.5. The maximum Gasteiger partial charge on any atom is 0.280 e. The zero-order valence-electron chi connectivity index (χ0n) is 21.6. The van der Waals surface area contributed by atoms with Crippen molar-refractivity contribution in [2.24, 2.45) is 0 Å². The van der Waals surface area contributed by atoms with E-state index in [0.717, 1.165) is 11.0 Å². The van der Waals surface area contributed by atoms with E-state index in [1.165, 1.54) is 10.9 Å². The number of H-pyrrole nitrogens is 1. The van der Waals surface area contributed by atoms with Crippen molar-refractivity contribution in [1.29, 1.82) is 0 Å². The lowest BCUT2D eigenvalue weighted by Crippen LogP contribution is -2.33. The fraction of sp³-hybridized carbons (Fsp3) is 0.526. The fourth-order valence-electron chi connectivity index (χ4n) is 5.03. The molecule has 2 aliphatic rings. The molecule has 19 nitrogen and oxygen atoms in total. The predicted octanol–water partition coefficient (Wildman–Crippen LogP) is 0.247. The Bertz CT molecular complexity index is 1810.